The van der Waals surface area contributed by atoms with Crippen molar-refractivity contribution in [3.63, 3.8) is 0 Å². The van der Waals surface area contributed by atoms with Crippen molar-refractivity contribution in [3.05, 3.63) is 29.8 Å². The molecule has 2 saturated carbocycles. The van der Waals surface area contributed by atoms with Gasteiger partial charge in [0.15, 0.2) is 0 Å². The Bertz CT molecular complexity index is 573. The van der Waals surface area contributed by atoms with Gasteiger partial charge in [-0.2, -0.15) is 0 Å². The number of carbonyl (C=O) groups is 2. The van der Waals surface area contributed by atoms with Crippen molar-refractivity contribution in [1.29, 1.82) is 0 Å². The molecule has 0 radical (unpaired) electrons. The molecule has 21 heavy (non-hydrogen) atoms. The molecule has 2 aliphatic rings. The van der Waals surface area contributed by atoms with Crippen LogP contribution in [-0.2, 0) is 4.74 Å². The van der Waals surface area contributed by atoms with Crippen molar-refractivity contribution in [2.75, 3.05) is 0 Å². The Morgan fingerprint density at radius 1 is 1.05 bits per heavy atom. The molecule has 0 aromatic heterocycles. The molecule has 2 aliphatic carbocycles. The molecule has 0 atom stereocenters. The van der Waals surface area contributed by atoms with Crippen molar-refractivity contribution in [2.45, 2.75) is 37.9 Å². The second-order valence-electron chi connectivity index (χ2n) is 5.98. The summed E-state index contributed by atoms with van der Waals surface area (Å²) in [7, 11) is 0. The van der Waals surface area contributed by atoms with Crippen molar-refractivity contribution in [1.82, 2.24) is 0 Å². The highest BCUT2D eigenvalue weighted by Gasteiger charge is 2.55. The van der Waals surface area contributed by atoms with Crippen LogP contribution < -0.4 is 16.2 Å². The van der Waals surface area contributed by atoms with Gasteiger partial charge in [-0.25, -0.2) is 4.79 Å². The third-order valence-corrected chi connectivity index (χ3v) is 4.37. The average Bonchev–Trinajstić information content (AvgIpc) is 2.33. The molecule has 2 fully saturated rings. The number of primary amides is 2. The topological polar surface area (TPSA) is 105 Å². The largest absolute Gasteiger partial charge is 0.490 e. The lowest BCUT2D eigenvalue weighted by Gasteiger charge is -2.56. The maximum Gasteiger partial charge on any atom is 0.404 e. The molecule has 112 valence electrons. The maximum atomic E-state index is 11.3. The Morgan fingerprint density at radius 2 is 1.67 bits per heavy atom. The highest BCUT2D eigenvalue weighted by Crippen LogP contribution is 2.57. The van der Waals surface area contributed by atoms with E-state index in [0.717, 1.165) is 25.7 Å². The minimum atomic E-state index is -0.711. The first-order chi connectivity index (χ1) is 9.97. The summed E-state index contributed by atoms with van der Waals surface area (Å²) in [5.41, 5.74) is 10.9. The standard InChI is InChI=1S/C15H18N2O4/c16-13(18)11-3-1-2-4-12(11)20-9-5-15(6-9)7-10(8-15)21-14(17)19/h1-4,9-10H,5-8H2,(H2,16,18)(H2,17,19). The van der Waals surface area contributed by atoms with Gasteiger partial charge in [0, 0.05) is 0 Å². The molecule has 1 aromatic rings. The number of ether oxygens (including phenoxy) is 2. The summed E-state index contributed by atoms with van der Waals surface area (Å²) in [4.78, 5) is 22.0. The van der Waals surface area contributed by atoms with Gasteiger partial charge in [0.2, 0.25) is 0 Å². The number of nitrogens with two attached hydrogens (primary N) is 2. The number of hydrogen-bond acceptors (Lipinski definition) is 4. The molecule has 0 unspecified atom stereocenters. The van der Waals surface area contributed by atoms with E-state index in [9.17, 15) is 9.59 Å². The summed E-state index contributed by atoms with van der Waals surface area (Å²) in [5, 5.41) is 0. The monoisotopic (exact) mass is 290 g/mol. The predicted octanol–water partition coefficient (Wildman–Crippen LogP) is 1.57. The van der Waals surface area contributed by atoms with E-state index in [-0.39, 0.29) is 17.6 Å². The van der Waals surface area contributed by atoms with Gasteiger partial charge in [-0.1, -0.05) is 12.1 Å². The van der Waals surface area contributed by atoms with Gasteiger partial charge in [0.25, 0.3) is 5.91 Å². The molecular formula is C15H18N2O4. The molecular weight excluding hydrogens is 272 g/mol. The molecule has 0 bridgehead atoms. The summed E-state index contributed by atoms with van der Waals surface area (Å²) < 4.78 is 10.8. The minimum absolute atomic E-state index is 0.0543. The lowest BCUT2D eigenvalue weighted by Crippen LogP contribution is -2.55. The zero-order valence-electron chi connectivity index (χ0n) is 11.6. The Hall–Kier alpha value is -2.24. The van der Waals surface area contributed by atoms with Crippen molar-refractivity contribution in [3.8, 4) is 5.75 Å². The van der Waals surface area contributed by atoms with Crippen LogP contribution >= 0.6 is 0 Å². The van der Waals surface area contributed by atoms with Crippen LogP contribution in [0, 0.1) is 5.41 Å². The van der Waals surface area contributed by atoms with E-state index < -0.39 is 12.0 Å². The van der Waals surface area contributed by atoms with Crippen LogP contribution in [-0.4, -0.2) is 24.2 Å². The van der Waals surface area contributed by atoms with Gasteiger partial charge in [0.1, 0.15) is 11.9 Å². The zero-order valence-corrected chi connectivity index (χ0v) is 11.6. The third-order valence-electron chi connectivity index (χ3n) is 4.37. The molecule has 4 N–H and O–H groups in total. The van der Waals surface area contributed by atoms with Gasteiger partial charge in [-0.3, -0.25) is 4.79 Å². The fraction of sp³-hybridized carbons (Fsp3) is 0.467. The molecule has 1 spiro atoms. The van der Waals surface area contributed by atoms with Gasteiger partial charge < -0.3 is 20.9 Å². The predicted molar refractivity (Wildman–Crippen MR) is 74.7 cm³/mol. The summed E-state index contributed by atoms with van der Waals surface area (Å²) in [6.07, 6.45) is 2.80. The SMILES string of the molecule is NC(=O)OC1CC2(C1)CC(Oc1ccccc1C(N)=O)C2. The van der Waals surface area contributed by atoms with Gasteiger partial charge in [-0.15, -0.1) is 0 Å². The van der Waals surface area contributed by atoms with Gasteiger partial charge >= 0.3 is 6.09 Å². The number of benzene rings is 1. The first kappa shape index (κ1) is 13.7. The van der Waals surface area contributed by atoms with Crippen LogP contribution in [0.25, 0.3) is 0 Å². The van der Waals surface area contributed by atoms with Crippen LogP contribution in [0.4, 0.5) is 4.79 Å². The summed E-state index contributed by atoms with van der Waals surface area (Å²) in [6, 6.07) is 6.99. The molecule has 0 heterocycles. The van der Waals surface area contributed by atoms with Gasteiger partial charge in [0.05, 0.1) is 11.7 Å². The van der Waals surface area contributed by atoms with Gasteiger partial charge in [-0.05, 0) is 43.2 Å². The van der Waals surface area contributed by atoms with E-state index in [2.05, 4.69) is 0 Å². The Kier molecular flexibility index (Phi) is 3.23. The number of amides is 2. The Balaban J connectivity index is 1.52. The quantitative estimate of drug-likeness (QED) is 0.878. The Labute approximate surface area is 122 Å². The van der Waals surface area contributed by atoms with Crippen LogP contribution in [0.15, 0.2) is 24.3 Å². The van der Waals surface area contributed by atoms with Crippen molar-refractivity contribution in [2.24, 2.45) is 16.9 Å². The molecule has 2 amide bonds. The highest BCUT2D eigenvalue weighted by atomic mass is 16.6. The lowest BCUT2D eigenvalue weighted by molar-refractivity contribution is -0.132. The second kappa shape index (κ2) is 4.95. The van der Waals surface area contributed by atoms with E-state index in [0.29, 0.717) is 11.3 Å². The first-order valence-electron chi connectivity index (χ1n) is 6.99. The minimum Gasteiger partial charge on any atom is -0.490 e. The normalized spacial score (nSPS) is 30.1. The average molecular weight is 290 g/mol. The molecule has 1 aromatic carbocycles. The molecule has 0 aliphatic heterocycles. The number of para-hydroxylation sites is 1. The van der Waals surface area contributed by atoms with E-state index in [1.165, 1.54) is 0 Å². The third kappa shape index (κ3) is 2.66. The molecule has 6 nitrogen and oxygen atoms in total. The maximum absolute atomic E-state index is 11.3. The lowest BCUT2D eigenvalue weighted by atomic mass is 9.53. The fourth-order valence-corrected chi connectivity index (χ4v) is 3.43. The van der Waals surface area contributed by atoms with E-state index in [1.807, 2.05) is 6.07 Å². The van der Waals surface area contributed by atoms with E-state index in [1.54, 1.807) is 18.2 Å². The van der Waals surface area contributed by atoms with E-state index >= 15 is 0 Å². The zero-order chi connectivity index (χ0) is 15.0. The van der Waals surface area contributed by atoms with Crippen LogP contribution in [0.1, 0.15) is 36.0 Å². The second-order valence-corrected chi connectivity index (χ2v) is 5.98. The van der Waals surface area contributed by atoms with Crippen molar-refractivity contribution < 1.29 is 19.1 Å². The van der Waals surface area contributed by atoms with Crippen LogP contribution in [0.2, 0.25) is 0 Å². The number of carbonyl (C=O) groups excluding carboxylic acids is 2. The molecule has 3 rings (SSSR count). The van der Waals surface area contributed by atoms with E-state index in [4.69, 9.17) is 20.9 Å². The fourth-order valence-electron chi connectivity index (χ4n) is 3.43. The number of hydrogen-bond donors (Lipinski definition) is 2. The highest BCUT2D eigenvalue weighted by molar-refractivity contribution is 5.95. The number of rotatable bonds is 4. The Morgan fingerprint density at radius 3 is 2.29 bits per heavy atom. The van der Waals surface area contributed by atoms with Crippen molar-refractivity contribution >= 4 is 12.0 Å². The summed E-state index contributed by atoms with van der Waals surface area (Å²) in [6.45, 7) is 0. The summed E-state index contributed by atoms with van der Waals surface area (Å²) >= 11 is 0. The van der Waals surface area contributed by atoms with Crippen LogP contribution in [0.3, 0.4) is 0 Å². The summed E-state index contributed by atoms with van der Waals surface area (Å²) in [5.74, 6) is 0.0484. The molecule has 0 saturated heterocycles. The molecule has 6 heteroatoms. The smallest absolute Gasteiger partial charge is 0.404 e. The first-order valence-corrected chi connectivity index (χ1v) is 6.99. The van der Waals surface area contributed by atoms with Crippen LogP contribution in [0.5, 0.6) is 5.75 Å².